The Hall–Kier alpha value is -0.725. The maximum Gasteiger partial charge on any atom is 0.327 e. The van der Waals surface area contributed by atoms with Crippen LogP contribution >= 0.6 is 0 Å². The van der Waals surface area contributed by atoms with Crippen LogP contribution in [0.15, 0.2) is 12.7 Å². The molecule has 2 nitrogen and oxygen atoms in total. The Labute approximate surface area is 64.5 Å². The first-order valence-electron chi connectivity index (χ1n) is 3.04. The molecule has 0 amide bonds. The summed E-state index contributed by atoms with van der Waals surface area (Å²) in [6.45, 7) is 7.32. The van der Waals surface area contributed by atoms with E-state index in [0.29, 0.717) is 0 Å². The van der Waals surface area contributed by atoms with Gasteiger partial charge in [0.1, 0.15) is 0 Å². The van der Waals surface area contributed by atoms with Gasteiger partial charge in [-0.3, -0.25) is 0 Å². The summed E-state index contributed by atoms with van der Waals surface area (Å²) in [7, 11) is 0. The summed E-state index contributed by atoms with van der Waals surface area (Å²) >= 11 is 0. The molecule has 0 spiro atoms. The smallest absolute Gasteiger partial charge is 0.327 e. The molecule has 0 unspecified atom stereocenters. The van der Waals surface area contributed by atoms with Crippen molar-refractivity contribution in [2.24, 2.45) is 0 Å². The first-order chi connectivity index (χ1) is 4.18. The highest BCUT2D eigenvalue weighted by Crippen LogP contribution is 1.76. The molecule has 0 aromatic rings. The molecule has 60 valence electrons. The molecular formula is C7H17BO2. The van der Waals surface area contributed by atoms with Crippen molar-refractivity contribution in [2.75, 3.05) is 0 Å². The van der Waals surface area contributed by atoms with Crippen molar-refractivity contribution in [3.8, 4) is 0 Å². The number of carboxylic acid groups (broad SMARTS) is 1. The van der Waals surface area contributed by atoms with E-state index in [0.717, 1.165) is 6.08 Å². The van der Waals surface area contributed by atoms with Gasteiger partial charge in [-0.15, -0.1) is 0 Å². The van der Waals surface area contributed by atoms with E-state index in [1.807, 2.05) is 0 Å². The Morgan fingerprint density at radius 2 is 1.70 bits per heavy atom. The lowest BCUT2D eigenvalue weighted by molar-refractivity contribution is -0.131. The maximum absolute atomic E-state index is 9.25. The molecule has 0 aliphatic heterocycles. The van der Waals surface area contributed by atoms with Gasteiger partial charge in [0.25, 0.3) is 0 Å². The standard InChI is InChI=1S/C4H10.C3H4O2.BH3/c1-3-4-2;1-2-3(4)5;/h3-4H2,1-2H3;2H,1H2,(H,4,5);1H3. The SMILES string of the molecule is B.C=CC(=O)O.CCCC. The van der Waals surface area contributed by atoms with Gasteiger partial charge in [0.15, 0.2) is 0 Å². The monoisotopic (exact) mass is 144 g/mol. The molecule has 10 heavy (non-hydrogen) atoms. The van der Waals surface area contributed by atoms with E-state index in [1.54, 1.807) is 0 Å². The molecule has 0 saturated heterocycles. The summed E-state index contributed by atoms with van der Waals surface area (Å²) in [6.07, 6.45) is 3.47. The van der Waals surface area contributed by atoms with Crippen LogP contribution in [-0.2, 0) is 4.79 Å². The molecule has 0 fully saturated rings. The molecule has 0 saturated carbocycles. The third-order valence-electron chi connectivity index (χ3n) is 0.675. The van der Waals surface area contributed by atoms with Crippen molar-refractivity contribution in [2.45, 2.75) is 26.7 Å². The van der Waals surface area contributed by atoms with Gasteiger partial charge in [0.2, 0.25) is 0 Å². The molecule has 0 aromatic carbocycles. The van der Waals surface area contributed by atoms with Crippen LogP contribution in [0.4, 0.5) is 0 Å². The molecule has 0 rings (SSSR count). The summed E-state index contributed by atoms with van der Waals surface area (Å²) in [4.78, 5) is 9.25. The normalized spacial score (nSPS) is 6.20. The summed E-state index contributed by atoms with van der Waals surface area (Å²) in [5.41, 5.74) is 0. The minimum absolute atomic E-state index is 0. The van der Waals surface area contributed by atoms with Crippen molar-refractivity contribution in [3.05, 3.63) is 12.7 Å². The minimum atomic E-state index is -0.981. The molecule has 1 N–H and O–H groups in total. The Bertz CT molecular complexity index is 79.7. The third kappa shape index (κ3) is 55.3. The van der Waals surface area contributed by atoms with Crippen molar-refractivity contribution in [3.63, 3.8) is 0 Å². The van der Waals surface area contributed by atoms with Crippen LogP contribution in [0.1, 0.15) is 26.7 Å². The molecule has 0 aromatic heterocycles. The van der Waals surface area contributed by atoms with E-state index in [4.69, 9.17) is 5.11 Å². The molecule has 0 aliphatic rings. The summed E-state index contributed by atoms with van der Waals surface area (Å²) in [5, 5.41) is 7.60. The van der Waals surface area contributed by atoms with Gasteiger partial charge in [0, 0.05) is 6.08 Å². The molecule has 0 radical (unpaired) electrons. The number of carboxylic acids is 1. The number of hydrogen-bond acceptors (Lipinski definition) is 1. The number of hydrogen-bond donors (Lipinski definition) is 1. The predicted molar refractivity (Wildman–Crippen MR) is 48.4 cm³/mol. The summed E-state index contributed by atoms with van der Waals surface area (Å²) in [5.74, 6) is -0.981. The van der Waals surface area contributed by atoms with Crippen LogP contribution in [0, 0.1) is 0 Å². The number of aliphatic carboxylic acids is 1. The quantitative estimate of drug-likeness (QED) is 0.461. The lowest BCUT2D eigenvalue weighted by Crippen LogP contribution is -1.82. The fraction of sp³-hybridized carbons (Fsp3) is 0.571. The highest BCUT2D eigenvalue weighted by atomic mass is 16.4. The Morgan fingerprint density at radius 3 is 1.70 bits per heavy atom. The highest BCUT2D eigenvalue weighted by molar-refractivity contribution is 5.78. The maximum atomic E-state index is 9.25. The van der Waals surface area contributed by atoms with E-state index in [2.05, 4.69) is 20.4 Å². The minimum Gasteiger partial charge on any atom is -0.478 e. The zero-order valence-electron chi connectivity index (χ0n) is 6.05. The zero-order valence-corrected chi connectivity index (χ0v) is 6.05. The number of rotatable bonds is 2. The van der Waals surface area contributed by atoms with Crippen molar-refractivity contribution in [1.82, 2.24) is 0 Å². The van der Waals surface area contributed by atoms with E-state index in [9.17, 15) is 4.79 Å². The van der Waals surface area contributed by atoms with Crippen LogP contribution in [0.25, 0.3) is 0 Å². The van der Waals surface area contributed by atoms with E-state index in [-0.39, 0.29) is 8.41 Å². The Balaban J connectivity index is -0.0000000910. The van der Waals surface area contributed by atoms with Gasteiger partial charge in [0.05, 0.1) is 8.41 Å². The molecular weight excluding hydrogens is 127 g/mol. The summed E-state index contributed by atoms with van der Waals surface area (Å²) in [6, 6.07) is 0. The second-order valence-corrected chi connectivity index (χ2v) is 1.54. The highest BCUT2D eigenvalue weighted by Gasteiger charge is 1.73. The molecule has 3 heteroatoms. The third-order valence-corrected chi connectivity index (χ3v) is 0.675. The molecule has 0 heterocycles. The predicted octanol–water partition coefficient (Wildman–Crippen LogP) is 0.879. The van der Waals surface area contributed by atoms with Crippen LogP contribution < -0.4 is 0 Å². The van der Waals surface area contributed by atoms with Crippen molar-refractivity contribution >= 4 is 14.4 Å². The fourth-order valence-electron chi connectivity index (χ4n) is 0. The van der Waals surface area contributed by atoms with Gasteiger partial charge in [-0.1, -0.05) is 33.3 Å². The second-order valence-electron chi connectivity index (χ2n) is 1.54. The van der Waals surface area contributed by atoms with Gasteiger partial charge in [-0.25, -0.2) is 4.79 Å². The van der Waals surface area contributed by atoms with Crippen LogP contribution in [0.2, 0.25) is 0 Å². The molecule has 0 bridgehead atoms. The lowest BCUT2D eigenvalue weighted by Gasteiger charge is -1.68. The first-order valence-corrected chi connectivity index (χ1v) is 3.04. The lowest BCUT2D eigenvalue weighted by atomic mass is 10.4. The van der Waals surface area contributed by atoms with E-state index < -0.39 is 5.97 Å². The van der Waals surface area contributed by atoms with Gasteiger partial charge < -0.3 is 5.11 Å². The van der Waals surface area contributed by atoms with Crippen molar-refractivity contribution in [1.29, 1.82) is 0 Å². The topological polar surface area (TPSA) is 37.3 Å². The van der Waals surface area contributed by atoms with Gasteiger partial charge in [-0.05, 0) is 0 Å². The number of unbranched alkanes of at least 4 members (excludes halogenated alkanes) is 1. The van der Waals surface area contributed by atoms with Crippen LogP contribution in [0.3, 0.4) is 0 Å². The second kappa shape index (κ2) is 15.7. The fourth-order valence-corrected chi connectivity index (χ4v) is 0. The number of carbonyl (C=O) groups is 1. The van der Waals surface area contributed by atoms with Gasteiger partial charge in [-0.2, -0.15) is 0 Å². The average molecular weight is 144 g/mol. The molecule has 0 atom stereocenters. The van der Waals surface area contributed by atoms with E-state index in [1.165, 1.54) is 12.8 Å². The van der Waals surface area contributed by atoms with Crippen LogP contribution in [0.5, 0.6) is 0 Å². The Morgan fingerprint density at radius 1 is 1.50 bits per heavy atom. The Kier molecular flexibility index (Phi) is 25.4. The first kappa shape index (κ1) is 16.1. The van der Waals surface area contributed by atoms with Crippen molar-refractivity contribution < 1.29 is 9.90 Å². The molecule has 0 aliphatic carbocycles. The van der Waals surface area contributed by atoms with E-state index >= 15 is 0 Å². The zero-order chi connectivity index (χ0) is 7.70. The largest absolute Gasteiger partial charge is 0.478 e. The van der Waals surface area contributed by atoms with Gasteiger partial charge >= 0.3 is 5.97 Å². The van der Waals surface area contributed by atoms with Crippen LogP contribution in [-0.4, -0.2) is 19.5 Å². The summed E-state index contributed by atoms with van der Waals surface area (Å²) < 4.78 is 0. The average Bonchev–Trinajstić information content (AvgIpc) is 1.89.